The largest absolute Gasteiger partial charge is 0.494 e. The maximum absolute atomic E-state index is 5.37. The number of ether oxygens (including phenoxy) is 1. The standard InChI is InChI=1S/C12H20N2O/c1-3-15-12-7-5-11(6-8-12)14-10-4-9-13-2/h5-8,13-14H,3-4,9-10H2,1-2H3. The van der Waals surface area contributed by atoms with Gasteiger partial charge >= 0.3 is 0 Å². The van der Waals surface area contributed by atoms with Gasteiger partial charge in [0.25, 0.3) is 0 Å². The Labute approximate surface area is 91.8 Å². The minimum Gasteiger partial charge on any atom is -0.494 e. The number of hydrogen-bond acceptors (Lipinski definition) is 3. The summed E-state index contributed by atoms with van der Waals surface area (Å²) in [6.07, 6.45) is 1.13. The summed E-state index contributed by atoms with van der Waals surface area (Å²) in [6.45, 7) is 4.75. The van der Waals surface area contributed by atoms with Crippen molar-refractivity contribution in [2.45, 2.75) is 13.3 Å². The summed E-state index contributed by atoms with van der Waals surface area (Å²) in [4.78, 5) is 0. The van der Waals surface area contributed by atoms with Gasteiger partial charge in [0, 0.05) is 12.2 Å². The minimum atomic E-state index is 0.717. The highest BCUT2D eigenvalue weighted by Gasteiger charge is 1.93. The van der Waals surface area contributed by atoms with Crippen LogP contribution < -0.4 is 15.4 Å². The van der Waals surface area contributed by atoms with Gasteiger partial charge in [0.1, 0.15) is 5.75 Å². The van der Waals surface area contributed by atoms with Gasteiger partial charge in [-0.2, -0.15) is 0 Å². The van der Waals surface area contributed by atoms with E-state index in [9.17, 15) is 0 Å². The molecule has 1 aromatic rings. The Bertz CT molecular complexity index is 259. The molecule has 0 aliphatic rings. The lowest BCUT2D eigenvalue weighted by Crippen LogP contribution is -2.12. The summed E-state index contributed by atoms with van der Waals surface area (Å²) in [6, 6.07) is 8.07. The smallest absolute Gasteiger partial charge is 0.119 e. The fraction of sp³-hybridized carbons (Fsp3) is 0.500. The van der Waals surface area contributed by atoms with Crippen LogP contribution in [0.5, 0.6) is 5.75 Å². The third-order valence-corrected chi connectivity index (χ3v) is 2.10. The first-order valence-corrected chi connectivity index (χ1v) is 5.48. The molecule has 0 saturated heterocycles. The molecule has 0 heterocycles. The summed E-state index contributed by atoms with van der Waals surface area (Å²) in [5.41, 5.74) is 1.15. The average Bonchev–Trinajstić information content (AvgIpc) is 2.27. The molecule has 0 bridgehead atoms. The van der Waals surface area contributed by atoms with Gasteiger partial charge in [-0.25, -0.2) is 0 Å². The normalized spacial score (nSPS) is 10.0. The van der Waals surface area contributed by atoms with E-state index in [1.54, 1.807) is 0 Å². The predicted octanol–water partition coefficient (Wildman–Crippen LogP) is 2.11. The number of anilines is 1. The average molecular weight is 208 g/mol. The van der Waals surface area contributed by atoms with Gasteiger partial charge in [-0.3, -0.25) is 0 Å². The fourth-order valence-electron chi connectivity index (χ4n) is 1.33. The molecule has 1 rings (SSSR count). The molecule has 0 aromatic heterocycles. The Balaban J connectivity index is 2.29. The van der Waals surface area contributed by atoms with Crippen LogP contribution in [0.3, 0.4) is 0 Å². The summed E-state index contributed by atoms with van der Waals surface area (Å²) >= 11 is 0. The van der Waals surface area contributed by atoms with Crippen molar-refractivity contribution in [1.29, 1.82) is 0 Å². The molecule has 0 atom stereocenters. The first-order valence-electron chi connectivity index (χ1n) is 5.48. The second kappa shape index (κ2) is 7.12. The van der Waals surface area contributed by atoms with E-state index < -0.39 is 0 Å². The topological polar surface area (TPSA) is 33.3 Å². The maximum atomic E-state index is 5.37. The van der Waals surface area contributed by atoms with Gasteiger partial charge in [0.2, 0.25) is 0 Å². The van der Waals surface area contributed by atoms with Crippen molar-refractivity contribution in [1.82, 2.24) is 5.32 Å². The van der Waals surface area contributed by atoms with Gasteiger partial charge in [-0.15, -0.1) is 0 Å². The van der Waals surface area contributed by atoms with Gasteiger partial charge in [0.05, 0.1) is 6.61 Å². The molecule has 0 radical (unpaired) electrons. The summed E-state index contributed by atoms with van der Waals surface area (Å²) in [5.74, 6) is 0.929. The summed E-state index contributed by atoms with van der Waals surface area (Å²) in [7, 11) is 1.97. The van der Waals surface area contributed by atoms with E-state index in [-0.39, 0.29) is 0 Å². The fourth-order valence-corrected chi connectivity index (χ4v) is 1.33. The molecular formula is C12H20N2O. The van der Waals surface area contributed by atoms with Gasteiger partial charge in [-0.05, 0) is 51.2 Å². The molecule has 0 saturated carbocycles. The molecule has 3 nitrogen and oxygen atoms in total. The number of benzene rings is 1. The molecule has 1 aromatic carbocycles. The quantitative estimate of drug-likeness (QED) is 0.673. The highest BCUT2D eigenvalue weighted by atomic mass is 16.5. The number of rotatable bonds is 7. The number of hydrogen-bond donors (Lipinski definition) is 2. The number of nitrogens with one attached hydrogen (secondary N) is 2. The zero-order valence-corrected chi connectivity index (χ0v) is 9.55. The van der Waals surface area contributed by atoms with Crippen LogP contribution in [-0.2, 0) is 0 Å². The maximum Gasteiger partial charge on any atom is 0.119 e. The Hall–Kier alpha value is -1.22. The van der Waals surface area contributed by atoms with Gasteiger partial charge in [-0.1, -0.05) is 0 Å². The molecular weight excluding hydrogens is 188 g/mol. The summed E-state index contributed by atoms with van der Waals surface area (Å²) < 4.78 is 5.37. The lowest BCUT2D eigenvalue weighted by atomic mass is 10.3. The van der Waals surface area contributed by atoms with Gasteiger partial charge < -0.3 is 15.4 Å². The van der Waals surface area contributed by atoms with Crippen LogP contribution in [0.15, 0.2) is 24.3 Å². The second-order valence-electron chi connectivity index (χ2n) is 3.34. The molecule has 15 heavy (non-hydrogen) atoms. The monoisotopic (exact) mass is 208 g/mol. The lowest BCUT2D eigenvalue weighted by molar-refractivity contribution is 0.340. The highest BCUT2D eigenvalue weighted by molar-refractivity contribution is 5.46. The van der Waals surface area contributed by atoms with Gasteiger partial charge in [0.15, 0.2) is 0 Å². The highest BCUT2D eigenvalue weighted by Crippen LogP contribution is 2.15. The van der Waals surface area contributed by atoms with Crippen LogP contribution in [0, 0.1) is 0 Å². The second-order valence-corrected chi connectivity index (χ2v) is 3.34. The Morgan fingerprint density at radius 3 is 2.47 bits per heavy atom. The minimum absolute atomic E-state index is 0.717. The molecule has 0 aliphatic heterocycles. The van der Waals surface area contributed by atoms with Crippen LogP contribution in [0.4, 0.5) is 5.69 Å². The zero-order valence-electron chi connectivity index (χ0n) is 9.55. The summed E-state index contributed by atoms with van der Waals surface area (Å²) in [5, 5.41) is 6.47. The Kier molecular flexibility index (Phi) is 5.63. The molecule has 0 fully saturated rings. The van der Waals surface area contributed by atoms with Crippen LogP contribution in [-0.4, -0.2) is 26.7 Å². The van der Waals surface area contributed by atoms with E-state index in [0.29, 0.717) is 0 Å². The Morgan fingerprint density at radius 2 is 1.87 bits per heavy atom. The lowest BCUT2D eigenvalue weighted by Gasteiger charge is -2.07. The van der Waals surface area contributed by atoms with Crippen molar-refractivity contribution in [3.63, 3.8) is 0 Å². The van der Waals surface area contributed by atoms with E-state index >= 15 is 0 Å². The predicted molar refractivity (Wildman–Crippen MR) is 64.6 cm³/mol. The third kappa shape index (κ3) is 4.70. The van der Waals surface area contributed by atoms with Crippen molar-refractivity contribution >= 4 is 5.69 Å². The molecule has 0 amide bonds. The van der Waals surface area contributed by atoms with E-state index in [1.165, 1.54) is 0 Å². The zero-order chi connectivity index (χ0) is 10.9. The van der Waals surface area contributed by atoms with Crippen LogP contribution in [0.1, 0.15) is 13.3 Å². The Morgan fingerprint density at radius 1 is 1.13 bits per heavy atom. The van der Waals surface area contributed by atoms with E-state index in [0.717, 1.165) is 37.6 Å². The van der Waals surface area contributed by atoms with Crippen LogP contribution >= 0.6 is 0 Å². The van der Waals surface area contributed by atoms with Crippen LogP contribution in [0.2, 0.25) is 0 Å². The first-order chi connectivity index (χ1) is 7.36. The van der Waals surface area contributed by atoms with E-state index in [1.807, 2.05) is 38.2 Å². The van der Waals surface area contributed by atoms with Crippen molar-refractivity contribution in [2.24, 2.45) is 0 Å². The molecule has 3 heteroatoms. The van der Waals surface area contributed by atoms with Crippen molar-refractivity contribution in [2.75, 3.05) is 32.1 Å². The molecule has 84 valence electrons. The van der Waals surface area contributed by atoms with E-state index in [2.05, 4.69) is 10.6 Å². The molecule has 0 unspecified atom stereocenters. The third-order valence-electron chi connectivity index (χ3n) is 2.10. The van der Waals surface area contributed by atoms with Crippen LogP contribution in [0.25, 0.3) is 0 Å². The molecule has 2 N–H and O–H groups in total. The van der Waals surface area contributed by atoms with Crippen molar-refractivity contribution in [3.8, 4) is 5.75 Å². The molecule has 0 spiro atoms. The van der Waals surface area contributed by atoms with Crippen molar-refractivity contribution in [3.05, 3.63) is 24.3 Å². The molecule has 0 aliphatic carbocycles. The SMILES string of the molecule is CCOc1ccc(NCCCNC)cc1. The van der Waals surface area contributed by atoms with Crippen molar-refractivity contribution < 1.29 is 4.74 Å². The van der Waals surface area contributed by atoms with E-state index in [4.69, 9.17) is 4.74 Å². The first kappa shape index (κ1) is 11.9.